The number of benzene rings is 2. The van der Waals surface area contributed by atoms with E-state index in [0.29, 0.717) is 17.7 Å². The van der Waals surface area contributed by atoms with E-state index >= 15 is 0 Å². The van der Waals surface area contributed by atoms with Crippen molar-refractivity contribution < 1.29 is 19.2 Å². The quantitative estimate of drug-likeness (QED) is 0.541. The number of fused-ring (bicyclic) bond motifs is 4. The molecule has 3 heterocycles. The predicted molar refractivity (Wildman–Crippen MR) is 125 cm³/mol. The van der Waals surface area contributed by atoms with E-state index in [9.17, 15) is 19.2 Å². The monoisotopic (exact) mass is 460 g/mol. The summed E-state index contributed by atoms with van der Waals surface area (Å²) in [5.41, 5.74) is 7.44. The molecule has 2 aromatic rings. The van der Waals surface area contributed by atoms with Crippen molar-refractivity contribution >= 4 is 29.3 Å². The van der Waals surface area contributed by atoms with Gasteiger partial charge in [-0.25, -0.2) is 0 Å². The Morgan fingerprint density at radius 1 is 1.06 bits per heavy atom. The van der Waals surface area contributed by atoms with Crippen LogP contribution in [0.3, 0.4) is 0 Å². The van der Waals surface area contributed by atoms with Crippen molar-refractivity contribution in [2.75, 3.05) is 11.9 Å². The summed E-state index contributed by atoms with van der Waals surface area (Å²) >= 11 is 0. The number of primary amides is 1. The molecule has 4 amide bonds. The first-order chi connectivity index (χ1) is 16.4. The molecule has 0 unspecified atom stereocenters. The summed E-state index contributed by atoms with van der Waals surface area (Å²) in [4.78, 5) is 53.7. The molecule has 8 nitrogen and oxygen atoms in total. The lowest BCUT2D eigenvalue weighted by atomic mass is 9.76. The summed E-state index contributed by atoms with van der Waals surface area (Å²) in [5, 5.41) is 6.33. The average Bonchev–Trinajstić information content (AvgIpc) is 3.41. The Morgan fingerprint density at radius 3 is 2.53 bits per heavy atom. The summed E-state index contributed by atoms with van der Waals surface area (Å²) in [6.07, 6.45) is 1.59. The Morgan fingerprint density at radius 2 is 1.82 bits per heavy atom. The Labute approximate surface area is 197 Å². The Hall–Kier alpha value is -3.52. The Bertz CT molecular complexity index is 1180. The largest absolute Gasteiger partial charge is 0.370 e. The highest BCUT2D eigenvalue weighted by Crippen LogP contribution is 2.54. The molecule has 4 atom stereocenters. The molecular formula is C26H28N4O4. The van der Waals surface area contributed by atoms with Gasteiger partial charge in [-0.2, -0.15) is 0 Å². The molecule has 8 heteroatoms. The number of nitrogens with one attached hydrogen (secondary N) is 2. The normalized spacial score (nSPS) is 27.3. The van der Waals surface area contributed by atoms with E-state index in [2.05, 4.69) is 10.6 Å². The zero-order valence-corrected chi connectivity index (χ0v) is 19.0. The van der Waals surface area contributed by atoms with E-state index in [1.54, 1.807) is 0 Å². The van der Waals surface area contributed by atoms with Gasteiger partial charge in [-0.15, -0.1) is 0 Å². The molecular weight excluding hydrogens is 432 g/mol. The number of imide groups is 1. The van der Waals surface area contributed by atoms with E-state index in [0.717, 1.165) is 17.5 Å². The van der Waals surface area contributed by atoms with E-state index < -0.39 is 29.3 Å². The zero-order valence-electron chi connectivity index (χ0n) is 19.0. The smallest absolute Gasteiger partial charge is 0.250 e. The lowest BCUT2D eigenvalue weighted by Crippen LogP contribution is -2.53. The standard InChI is InChI=1S/C26H28N4O4/c1-2-16-9-6-10-17-22(16)28-25(34)26(17)21-20(18(29-26)11-12-19(27)31)23(32)30(24(21)33)14-13-15-7-4-3-5-8-15/h3-10,18,20-21,29H,2,11-14H2,1H3,(H2,27,31)(H,28,34)/t18-,20+,21-,26+/m0/s1. The van der Waals surface area contributed by atoms with Gasteiger partial charge in [-0.3, -0.25) is 29.4 Å². The lowest BCUT2D eigenvalue weighted by Gasteiger charge is -2.29. The Kier molecular flexibility index (Phi) is 5.48. The van der Waals surface area contributed by atoms with E-state index in [-0.39, 0.29) is 37.1 Å². The maximum Gasteiger partial charge on any atom is 0.250 e. The third kappa shape index (κ3) is 3.24. The number of rotatable bonds is 7. The second kappa shape index (κ2) is 8.36. The van der Waals surface area contributed by atoms with Crippen molar-refractivity contribution in [1.29, 1.82) is 0 Å². The van der Waals surface area contributed by atoms with Crippen LogP contribution in [0.15, 0.2) is 48.5 Å². The molecule has 0 aliphatic carbocycles. The highest BCUT2D eigenvalue weighted by Gasteiger charge is 2.70. The molecule has 5 rings (SSSR count). The number of hydrogen-bond donors (Lipinski definition) is 3. The predicted octanol–water partition coefficient (Wildman–Crippen LogP) is 1.48. The number of hydrogen-bond acceptors (Lipinski definition) is 5. The molecule has 2 aromatic carbocycles. The van der Waals surface area contributed by atoms with Gasteiger partial charge in [0.05, 0.1) is 11.8 Å². The number of nitrogens with zero attached hydrogens (tertiary/aromatic N) is 1. The molecule has 3 aliphatic heterocycles. The number of nitrogens with two attached hydrogens (primary N) is 1. The highest BCUT2D eigenvalue weighted by molar-refractivity contribution is 6.15. The maximum absolute atomic E-state index is 13.8. The third-order valence-electron chi connectivity index (χ3n) is 7.48. The van der Waals surface area contributed by atoms with Crippen molar-refractivity contribution in [3.05, 3.63) is 65.2 Å². The molecule has 2 fully saturated rings. The van der Waals surface area contributed by atoms with Crippen LogP contribution in [-0.4, -0.2) is 41.1 Å². The van der Waals surface area contributed by atoms with Crippen molar-refractivity contribution in [3.8, 4) is 0 Å². The number of anilines is 1. The van der Waals surface area contributed by atoms with Crippen LogP contribution in [0.1, 0.15) is 36.5 Å². The van der Waals surface area contributed by atoms with Gasteiger partial charge in [0.2, 0.25) is 23.6 Å². The molecule has 0 bridgehead atoms. The minimum atomic E-state index is -1.35. The van der Waals surface area contributed by atoms with Crippen LogP contribution in [0, 0.1) is 11.8 Å². The highest BCUT2D eigenvalue weighted by atomic mass is 16.2. The van der Waals surface area contributed by atoms with Gasteiger partial charge in [-0.1, -0.05) is 55.5 Å². The molecule has 2 saturated heterocycles. The van der Waals surface area contributed by atoms with Crippen LogP contribution >= 0.6 is 0 Å². The van der Waals surface area contributed by atoms with Crippen LogP contribution in [0.5, 0.6) is 0 Å². The fourth-order valence-electron chi connectivity index (χ4n) is 5.90. The number of likely N-dealkylation sites (tertiary alicyclic amines) is 1. The SMILES string of the molecule is CCc1cccc2c1NC(=O)[C@@]21N[C@@H](CCC(N)=O)[C@H]2C(=O)N(CCc3ccccc3)C(=O)[C@H]21. The number of carbonyl (C=O) groups is 4. The van der Waals surface area contributed by atoms with Gasteiger partial charge >= 0.3 is 0 Å². The first-order valence-electron chi connectivity index (χ1n) is 11.8. The van der Waals surface area contributed by atoms with Crippen molar-refractivity contribution in [3.63, 3.8) is 0 Å². The second-order valence-corrected chi connectivity index (χ2v) is 9.28. The van der Waals surface area contributed by atoms with Crippen LogP contribution < -0.4 is 16.4 Å². The van der Waals surface area contributed by atoms with Gasteiger partial charge < -0.3 is 11.1 Å². The molecule has 176 valence electrons. The van der Waals surface area contributed by atoms with Gasteiger partial charge in [0.25, 0.3) is 0 Å². The van der Waals surface area contributed by atoms with E-state index in [4.69, 9.17) is 5.73 Å². The number of aryl methyl sites for hydroxylation is 1. The minimum absolute atomic E-state index is 0.0614. The van der Waals surface area contributed by atoms with Gasteiger partial charge in [-0.05, 0) is 30.4 Å². The number of amides is 4. The maximum atomic E-state index is 13.8. The summed E-state index contributed by atoms with van der Waals surface area (Å²) in [6, 6.07) is 14.8. The molecule has 0 radical (unpaired) electrons. The average molecular weight is 461 g/mol. The molecule has 34 heavy (non-hydrogen) atoms. The second-order valence-electron chi connectivity index (χ2n) is 9.28. The van der Waals surface area contributed by atoms with Gasteiger partial charge in [0.1, 0.15) is 5.54 Å². The zero-order chi connectivity index (χ0) is 24.0. The van der Waals surface area contributed by atoms with Crippen LogP contribution in [0.2, 0.25) is 0 Å². The first kappa shape index (κ1) is 22.3. The van der Waals surface area contributed by atoms with Crippen LogP contribution in [0.4, 0.5) is 5.69 Å². The number of para-hydroxylation sites is 1. The summed E-state index contributed by atoms with van der Waals surface area (Å²) in [5.74, 6) is -3.05. The molecule has 0 aromatic heterocycles. The van der Waals surface area contributed by atoms with Gasteiger partial charge in [0, 0.05) is 30.3 Å². The molecule has 4 N–H and O–H groups in total. The number of carbonyl (C=O) groups excluding carboxylic acids is 4. The third-order valence-corrected chi connectivity index (χ3v) is 7.48. The lowest BCUT2D eigenvalue weighted by molar-refractivity contribution is -0.142. The fourth-order valence-corrected chi connectivity index (χ4v) is 5.90. The van der Waals surface area contributed by atoms with Crippen LogP contribution in [-0.2, 0) is 37.6 Å². The Balaban J connectivity index is 1.54. The van der Waals surface area contributed by atoms with Crippen molar-refractivity contribution in [1.82, 2.24) is 10.2 Å². The van der Waals surface area contributed by atoms with Gasteiger partial charge in [0.15, 0.2) is 0 Å². The van der Waals surface area contributed by atoms with Crippen LogP contribution in [0.25, 0.3) is 0 Å². The molecule has 1 spiro atoms. The minimum Gasteiger partial charge on any atom is -0.370 e. The van der Waals surface area contributed by atoms with E-state index in [1.165, 1.54) is 4.90 Å². The summed E-state index contributed by atoms with van der Waals surface area (Å²) in [6.45, 7) is 2.25. The summed E-state index contributed by atoms with van der Waals surface area (Å²) in [7, 11) is 0. The summed E-state index contributed by atoms with van der Waals surface area (Å²) < 4.78 is 0. The topological polar surface area (TPSA) is 122 Å². The van der Waals surface area contributed by atoms with Crippen molar-refractivity contribution in [2.24, 2.45) is 17.6 Å². The fraction of sp³-hybridized carbons (Fsp3) is 0.385. The molecule has 3 aliphatic rings. The first-order valence-corrected chi connectivity index (χ1v) is 11.8. The van der Waals surface area contributed by atoms with Crippen molar-refractivity contribution in [2.45, 2.75) is 44.2 Å². The molecule has 0 saturated carbocycles. The van der Waals surface area contributed by atoms with E-state index in [1.807, 2.05) is 55.5 Å².